The molecule has 0 spiro atoms. The number of benzene rings is 2. The minimum atomic E-state index is -0.910. The van der Waals surface area contributed by atoms with Gasteiger partial charge < -0.3 is 19.5 Å². The van der Waals surface area contributed by atoms with Gasteiger partial charge in [-0.05, 0) is 36.8 Å². The number of thiazole rings is 1. The maximum Gasteiger partial charge on any atom is 0.332 e. The Labute approximate surface area is 172 Å². The fraction of sp³-hybridized carbons (Fsp3) is 0.286. The fourth-order valence-corrected chi connectivity index (χ4v) is 3.47. The highest BCUT2D eigenvalue weighted by Crippen LogP contribution is 2.21. The molecule has 0 aliphatic rings. The molecular weight excluding hydrogens is 392 g/mol. The molecule has 1 aromatic heterocycles. The molecule has 1 atom stereocenters. The predicted molar refractivity (Wildman–Crippen MR) is 110 cm³/mol. The van der Waals surface area contributed by atoms with Crippen molar-refractivity contribution >= 4 is 33.4 Å². The number of amides is 1. The van der Waals surface area contributed by atoms with E-state index in [-0.39, 0.29) is 19.1 Å². The molecule has 1 N–H and O–H groups in total. The first-order chi connectivity index (χ1) is 14.0. The molecule has 2 aromatic carbocycles. The van der Waals surface area contributed by atoms with Crippen LogP contribution < -0.4 is 10.1 Å². The Morgan fingerprint density at radius 3 is 2.62 bits per heavy atom. The van der Waals surface area contributed by atoms with E-state index < -0.39 is 12.1 Å². The van der Waals surface area contributed by atoms with Crippen molar-refractivity contribution in [1.82, 2.24) is 10.3 Å². The number of ether oxygens (including phenoxy) is 3. The average Bonchev–Trinajstić information content (AvgIpc) is 3.15. The van der Waals surface area contributed by atoms with Crippen LogP contribution in [0.2, 0.25) is 0 Å². The van der Waals surface area contributed by atoms with Gasteiger partial charge in [-0.1, -0.05) is 24.3 Å². The van der Waals surface area contributed by atoms with E-state index >= 15 is 0 Å². The zero-order valence-electron chi connectivity index (χ0n) is 16.2. The van der Waals surface area contributed by atoms with Gasteiger partial charge in [0, 0.05) is 6.54 Å². The van der Waals surface area contributed by atoms with E-state index in [2.05, 4.69) is 10.3 Å². The highest BCUT2D eigenvalue weighted by Gasteiger charge is 2.17. The molecule has 0 fully saturated rings. The van der Waals surface area contributed by atoms with Crippen LogP contribution in [0.15, 0.2) is 48.5 Å². The Morgan fingerprint density at radius 1 is 1.14 bits per heavy atom. The first kappa shape index (κ1) is 20.8. The van der Waals surface area contributed by atoms with E-state index in [0.717, 1.165) is 26.5 Å². The summed E-state index contributed by atoms with van der Waals surface area (Å²) in [5.74, 6) is -0.230. The summed E-state index contributed by atoms with van der Waals surface area (Å²) >= 11 is 1.51. The highest BCUT2D eigenvalue weighted by molar-refractivity contribution is 7.18. The van der Waals surface area contributed by atoms with E-state index in [9.17, 15) is 9.59 Å². The van der Waals surface area contributed by atoms with Crippen molar-refractivity contribution in [3.05, 3.63) is 59.1 Å². The van der Waals surface area contributed by atoms with Gasteiger partial charge in [-0.3, -0.25) is 4.79 Å². The van der Waals surface area contributed by atoms with Gasteiger partial charge >= 0.3 is 5.97 Å². The van der Waals surface area contributed by atoms with Gasteiger partial charge in [0.2, 0.25) is 0 Å². The number of aromatic nitrogens is 1. The minimum Gasteiger partial charge on any atom is -0.497 e. The molecule has 152 valence electrons. The normalized spacial score (nSPS) is 11.8. The topological polar surface area (TPSA) is 86.8 Å². The first-order valence-corrected chi connectivity index (χ1v) is 9.89. The van der Waals surface area contributed by atoms with Crippen molar-refractivity contribution in [3.8, 4) is 5.75 Å². The number of fused-ring (bicyclic) bond motifs is 1. The molecule has 3 aromatic rings. The lowest BCUT2D eigenvalue weighted by atomic mass is 10.2. The largest absolute Gasteiger partial charge is 0.497 e. The molecule has 0 radical (unpaired) electrons. The smallest absolute Gasteiger partial charge is 0.332 e. The Morgan fingerprint density at radius 2 is 1.90 bits per heavy atom. The maximum absolute atomic E-state index is 12.1. The molecule has 8 heteroatoms. The summed E-state index contributed by atoms with van der Waals surface area (Å²) in [5, 5.41) is 3.51. The van der Waals surface area contributed by atoms with Crippen LogP contribution in [0, 0.1) is 0 Å². The van der Waals surface area contributed by atoms with E-state index in [1.165, 1.54) is 18.3 Å². The molecule has 1 heterocycles. The molecular formula is C21H22N2O5S. The number of nitrogens with one attached hydrogen (secondary N) is 1. The third kappa shape index (κ3) is 6.00. The van der Waals surface area contributed by atoms with Crippen LogP contribution in [0.5, 0.6) is 5.75 Å². The number of nitrogens with zero attached hydrogens (tertiary/aromatic N) is 1. The molecule has 0 aliphatic heterocycles. The second-order valence-electron chi connectivity index (χ2n) is 6.27. The second-order valence-corrected chi connectivity index (χ2v) is 7.38. The van der Waals surface area contributed by atoms with Crippen LogP contribution in [-0.2, 0) is 32.2 Å². The van der Waals surface area contributed by atoms with Gasteiger partial charge in [-0.2, -0.15) is 0 Å². The van der Waals surface area contributed by atoms with Gasteiger partial charge in [0.05, 0.1) is 23.9 Å². The van der Waals surface area contributed by atoms with Crippen molar-refractivity contribution < 1.29 is 23.8 Å². The summed E-state index contributed by atoms with van der Waals surface area (Å²) in [6, 6.07) is 15.1. The Balaban J connectivity index is 1.37. The van der Waals surface area contributed by atoms with Gasteiger partial charge in [-0.15, -0.1) is 11.3 Å². The number of carbonyl (C=O) groups is 2. The molecule has 29 heavy (non-hydrogen) atoms. The van der Waals surface area contributed by atoms with Crippen LogP contribution >= 0.6 is 11.3 Å². The van der Waals surface area contributed by atoms with Crippen LogP contribution in [0.4, 0.5) is 0 Å². The van der Waals surface area contributed by atoms with Gasteiger partial charge in [0.1, 0.15) is 17.4 Å². The van der Waals surface area contributed by atoms with Crippen molar-refractivity contribution in [3.63, 3.8) is 0 Å². The van der Waals surface area contributed by atoms with Gasteiger partial charge in [-0.25, -0.2) is 9.78 Å². The lowest BCUT2D eigenvalue weighted by Gasteiger charge is -2.13. The number of carbonyl (C=O) groups excluding carboxylic acids is 2. The van der Waals surface area contributed by atoms with Crippen LogP contribution in [0.25, 0.3) is 10.2 Å². The summed E-state index contributed by atoms with van der Waals surface area (Å²) in [6.45, 7) is 1.83. The van der Waals surface area contributed by atoms with E-state index in [4.69, 9.17) is 14.2 Å². The quantitative estimate of drug-likeness (QED) is 0.542. The lowest BCUT2D eigenvalue weighted by molar-refractivity contribution is -0.159. The molecule has 0 saturated heterocycles. The molecule has 0 unspecified atom stereocenters. The monoisotopic (exact) mass is 414 g/mol. The second kappa shape index (κ2) is 9.99. The standard InChI is InChI=1S/C21H22N2O5S/c1-14(21(25)22-11-15-7-9-16(26-2)10-8-15)28-20(24)13-27-12-19-23-17-5-3-4-6-18(17)29-19/h3-10,14H,11-13H2,1-2H3,(H,22,25)/t14-/m0/s1. The summed E-state index contributed by atoms with van der Waals surface area (Å²) in [5.41, 5.74) is 1.82. The van der Waals surface area contributed by atoms with E-state index in [0.29, 0.717) is 6.54 Å². The zero-order valence-corrected chi connectivity index (χ0v) is 17.0. The van der Waals surface area contributed by atoms with Gasteiger partial charge in [0.25, 0.3) is 5.91 Å². The summed E-state index contributed by atoms with van der Waals surface area (Å²) in [4.78, 5) is 28.4. The predicted octanol–water partition coefficient (Wildman–Crippen LogP) is 3.07. The molecule has 0 bridgehead atoms. The van der Waals surface area contributed by atoms with Crippen LogP contribution in [0.1, 0.15) is 17.5 Å². The molecule has 7 nitrogen and oxygen atoms in total. The van der Waals surface area contributed by atoms with E-state index in [1.807, 2.05) is 48.5 Å². The third-order valence-electron chi connectivity index (χ3n) is 4.09. The molecule has 0 saturated carbocycles. The number of esters is 1. The van der Waals surface area contributed by atoms with E-state index in [1.54, 1.807) is 7.11 Å². The average molecular weight is 414 g/mol. The Bertz CT molecular complexity index is 938. The van der Waals surface area contributed by atoms with Crippen molar-refractivity contribution in [2.75, 3.05) is 13.7 Å². The fourth-order valence-electron chi connectivity index (χ4n) is 2.56. The van der Waals surface area contributed by atoms with Gasteiger partial charge in [0.15, 0.2) is 6.10 Å². The third-order valence-corrected chi connectivity index (χ3v) is 5.10. The molecule has 1 amide bonds. The SMILES string of the molecule is COc1ccc(CNC(=O)[C@H](C)OC(=O)COCc2nc3ccccc3s2)cc1. The highest BCUT2D eigenvalue weighted by atomic mass is 32.1. The summed E-state index contributed by atoms with van der Waals surface area (Å²) in [6.07, 6.45) is -0.910. The zero-order chi connectivity index (χ0) is 20.6. The molecule has 3 rings (SSSR count). The summed E-state index contributed by atoms with van der Waals surface area (Å²) in [7, 11) is 1.59. The maximum atomic E-state index is 12.1. The first-order valence-electron chi connectivity index (χ1n) is 9.07. The number of hydrogen-bond acceptors (Lipinski definition) is 7. The number of methoxy groups -OCH3 is 1. The van der Waals surface area contributed by atoms with Crippen molar-refractivity contribution in [1.29, 1.82) is 0 Å². The number of rotatable bonds is 9. The molecule has 0 aliphatic carbocycles. The van der Waals surface area contributed by atoms with Crippen molar-refractivity contribution in [2.24, 2.45) is 0 Å². The minimum absolute atomic E-state index is 0.215. The lowest BCUT2D eigenvalue weighted by Crippen LogP contribution is -2.36. The Hall–Kier alpha value is -2.97. The van der Waals surface area contributed by atoms with Crippen LogP contribution in [0.3, 0.4) is 0 Å². The van der Waals surface area contributed by atoms with Crippen LogP contribution in [-0.4, -0.2) is 36.7 Å². The summed E-state index contributed by atoms with van der Waals surface area (Å²) < 4.78 is 16.7. The van der Waals surface area contributed by atoms with Crippen molar-refractivity contribution in [2.45, 2.75) is 26.2 Å². The number of hydrogen-bond donors (Lipinski definition) is 1. The Kier molecular flexibility index (Phi) is 7.15. The number of para-hydroxylation sites is 1.